The van der Waals surface area contributed by atoms with E-state index in [1.54, 1.807) is 7.05 Å². The van der Waals surface area contributed by atoms with E-state index >= 15 is 0 Å². The zero-order valence-electron chi connectivity index (χ0n) is 14.3. The number of carbonyl (C=O) groups excluding carboxylic acids is 1. The summed E-state index contributed by atoms with van der Waals surface area (Å²) < 4.78 is 0. The Bertz CT molecular complexity index is 352. The van der Waals surface area contributed by atoms with Crippen molar-refractivity contribution in [2.75, 3.05) is 26.7 Å². The van der Waals surface area contributed by atoms with Crippen molar-refractivity contribution < 1.29 is 4.79 Å². The largest absolute Gasteiger partial charge is 0.356 e. The Morgan fingerprint density at radius 3 is 2.62 bits per heavy atom. The Morgan fingerprint density at radius 1 is 1.33 bits per heavy atom. The molecule has 5 heteroatoms. The molecule has 5 nitrogen and oxygen atoms in total. The van der Waals surface area contributed by atoms with Crippen molar-refractivity contribution in [3.05, 3.63) is 0 Å². The van der Waals surface area contributed by atoms with Gasteiger partial charge in [-0.15, -0.1) is 0 Å². The van der Waals surface area contributed by atoms with Gasteiger partial charge >= 0.3 is 0 Å². The highest BCUT2D eigenvalue weighted by molar-refractivity contribution is 5.81. The molecule has 1 fully saturated rings. The molecule has 1 saturated heterocycles. The minimum absolute atomic E-state index is 0.0808. The molecule has 0 radical (unpaired) electrons. The molecule has 1 aliphatic heterocycles. The normalized spacial score (nSPS) is 19.5. The topological polar surface area (TPSA) is 56.7 Å². The summed E-state index contributed by atoms with van der Waals surface area (Å²) in [4.78, 5) is 18.2. The van der Waals surface area contributed by atoms with Crippen LogP contribution in [0, 0.1) is 11.8 Å². The molecule has 1 amide bonds. The lowest BCUT2D eigenvalue weighted by Crippen LogP contribution is -2.45. The number of rotatable bonds is 6. The molecule has 1 atom stereocenters. The van der Waals surface area contributed by atoms with E-state index in [9.17, 15) is 4.79 Å². The molecule has 1 unspecified atom stereocenters. The van der Waals surface area contributed by atoms with Crippen LogP contribution in [0.15, 0.2) is 4.99 Å². The summed E-state index contributed by atoms with van der Waals surface area (Å²) in [6.45, 7) is 11.0. The van der Waals surface area contributed by atoms with Crippen molar-refractivity contribution in [3.63, 3.8) is 0 Å². The van der Waals surface area contributed by atoms with Gasteiger partial charge in [-0.1, -0.05) is 27.7 Å². The first-order chi connectivity index (χ1) is 9.93. The first-order valence-electron chi connectivity index (χ1n) is 8.20. The fourth-order valence-corrected chi connectivity index (χ4v) is 2.55. The lowest BCUT2D eigenvalue weighted by molar-refractivity contribution is -0.133. The van der Waals surface area contributed by atoms with Gasteiger partial charge in [0.2, 0.25) is 5.91 Å². The van der Waals surface area contributed by atoms with Gasteiger partial charge in [0.25, 0.3) is 0 Å². The quantitative estimate of drug-likeness (QED) is 0.447. The molecular weight excluding hydrogens is 264 g/mol. The van der Waals surface area contributed by atoms with Gasteiger partial charge in [0, 0.05) is 38.6 Å². The van der Waals surface area contributed by atoms with Gasteiger partial charge < -0.3 is 15.5 Å². The Kier molecular flexibility index (Phi) is 7.54. The standard InChI is InChI=1S/C16H32N4O/c1-12(2)7-6-9-18-16(17-5)19-14-8-10-20(11-14)15(21)13(3)4/h12-14H,6-11H2,1-5H3,(H2,17,18,19). The van der Waals surface area contributed by atoms with Crippen LogP contribution in [0.2, 0.25) is 0 Å². The number of hydrogen-bond acceptors (Lipinski definition) is 2. The van der Waals surface area contributed by atoms with E-state index in [0.717, 1.165) is 44.4 Å². The zero-order valence-corrected chi connectivity index (χ0v) is 14.3. The minimum Gasteiger partial charge on any atom is -0.356 e. The Morgan fingerprint density at radius 2 is 2.05 bits per heavy atom. The predicted molar refractivity (Wildman–Crippen MR) is 88.4 cm³/mol. The summed E-state index contributed by atoms with van der Waals surface area (Å²) in [5.41, 5.74) is 0. The molecule has 1 rings (SSSR count). The van der Waals surface area contributed by atoms with Gasteiger partial charge in [-0.25, -0.2) is 0 Å². The molecule has 0 saturated carbocycles. The molecular formula is C16H32N4O. The van der Waals surface area contributed by atoms with Crippen LogP contribution in [0.3, 0.4) is 0 Å². The van der Waals surface area contributed by atoms with Crippen LogP contribution in [0.1, 0.15) is 47.0 Å². The van der Waals surface area contributed by atoms with E-state index in [1.807, 2.05) is 18.7 Å². The summed E-state index contributed by atoms with van der Waals surface area (Å²) in [6, 6.07) is 0.309. The van der Waals surface area contributed by atoms with Gasteiger partial charge in [-0.05, 0) is 25.2 Å². The molecule has 2 N–H and O–H groups in total. The third kappa shape index (κ3) is 6.36. The first kappa shape index (κ1) is 17.8. The smallest absolute Gasteiger partial charge is 0.225 e. The number of nitrogens with one attached hydrogen (secondary N) is 2. The average molecular weight is 296 g/mol. The van der Waals surface area contributed by atoms with E-state index in [2.05, 4.69) is 29.5 Å². The minimum atomic E-state index is 0.0808. The van der Waals surface area contributed by atoms with Gasteiger partial charge in [-0.3, -0.25) is 9.79 Å². The first-order valence-corrected chi connectivity index (χ1v) is 8.20. The van der Waals surface area contributed by atoms with E-state index in [4.69, 9.17) is 0 Å². The highest BCUT2D eigenvalue weighted by Crippen LogP contribution is 2.12. The zero-order chi connectivity index (χ0) is 15.8. The second kappa shape index (κ2) is 8.90. The summed E-state index contributed by atoms with van der Waals surface area (Å²) in [6.07, 6.45) is 3.37. The molecule has 0 aromatic rings. The molecule has 0 aromatic heterocycles. The lowest BCUT2D eigenvalue weighted by atomic mass is 10.1. The molecule has 0 spiro atoms. The Labute approximate surface area is 129 Å². The highest BCUT2D eigenvalue weighted by Gasteiger charge is 2.27. The Balaban J connectivity index is 2.30. The Hall–Kier alpha value is -1.26. The highest BCUT2D eigenvalue weighted by atomic mass is 16.2. The second-order valence-corrected chi connectivity index (χ2v) is 6.60. The third-order valence-corrected chi connectivity index (χ3v) is 3.81. The van der Waals surface area contributed by atoms with Crippen LogP contribution in [0.25, 0.3) is 0 Å². The molecule has 0 bridgehead atoms. The molecule has 21 heavy (non-hydrogen) atoms. The van der Waals surface area contributed by atoms with Crippen LogP contribution in [-0.2, 0) is 4.79 Å². The van der Waals surface area contributed by atoms with Crippen LogP contribution in [-0.4, -0.2) is 49.5 Å². The van der Waals surface area contributed by atoms with Crippen LogP contribution < -0.4 is 10.6 Å². The van der Waals surface area contributed by atoms with E-state index in [-0.39, 0.29) is 11.8 Å². The molecule has 0 aliphatic carbocycles. The van der Waals surface area contributed by atoms with Crippen LogP contribution >= 0.6 is 0 Å². The van der Waals surface area contributed by atoms with Gasteiger partial charge in [0.15, 0.2) is 5.96 Å². The number of hydrogen-bond donors (Lipinski definition) is 2. The van der Waals surface area contributed by atoms with Crippen molar-refractivity contribution in [2.45, 2.75) is 53.0 Å². The molecule has 1 aliphatic rings. The maximum atomic E-state index is 12.0. The van der Waals surface area contributed by atoms with Crippen LogP contribution in [0.5, 0.6) is 0 Å². The summed E-state index contributed by atoms with van der Waals surface area (Å²) in [5.74, 6) is 1.92. The van der Waals surface area contributed by atoms with Crippen LogP contribution in [0.4, 0.5) is 0 Å². The lowest BCUT2D eigenvalue weighted by Gasteiger charge is -2.20. The summed E-state index contributed by atoms with van der Waals surface area (Å²) >= 11 is 0. The molecule has 122 valence electrons. The van der Waals surface area contributed by atoms with Gasteiger partial charge in [0.1, 0.15) is 0 Å². The van der Waals surface area contributed by atoms with Crippen molar-refractivity contribution in [1.82, 2.24) is 15.5 Å². The molecule has 0 aromatic carbocycles. The second-order valence-electron chi connectivity index (χ2n) is 6.60. The maximum Gasteiger partial charge on any atom is 0.225 e. The fraction of sp³-hybridized carbons (Fsp3) is 0.875. The predicted octanol–water partition coefficient (Wildman–Crippen LogP) is 1.84. The van der Waals surface area contributed by atoms with Gasteiger partial charge in [-0.2, -0.15) is 0 Å². The van der Waals surface area contributed by atoms with Gasteiger partial charge in [0.05, 0.1) is 0 Å². The van der Waals surface area contributed by atoms with Crippen molar-refractivity contribution in [2.24, 2.45) is 16.8 Å². The third-order valence-electron chi connectivity index (χ3n) is 3.81. The SMILES string of the molecule is CN=C(NCCCC(C)C)NC1CCN(C(=O)C(C)C)C1. The van der Waals surface area contributed by atoms with E-state index in [1.165, 1.54) is 6.42 Å². The maximum absolute atomic E-state index is 12.0. The molecule has 1 heterocycles. The number of amides is 1. The van der Waals surface area contributed by atoms with E-state index < -0.39 is 0 Å². The van der Waals surface area contributed by atoms with Crippen molar-refractivity contribution >= 4 is 11.9 Å². The summed E-state index contributed by atoms with van der Waals surface area (Å²) in [5, 5.41) is 6.78. The number of aliphatic imine (C=N–C) groups is 1. The number of likely N-dealkylation sites (tertiary alicyclic amines) is 1. The number of guanidine groups is 1. The number of nitrogens with zero attached hydrogens (tertiary/aromatic N) is 2. The van der Waals surface area contributed by atoms with E-state index in [0.29, 0.717) is 6.04 Å². The summed E-state index contributed by atoms with van der Waals surface area (Å²) in [7, 11) is 1.80. The number of carbonyl (C=O) groups is 1. The monoisotopic (exact) mass is 296 g/mol. The van der Waals surface area contributed by atoms with Crippen molar-refractivity contribution in [1.29, 1.82) is 0 Å². The fourth-order valence-electron chi connectivity index (χ4n) is 2.55. The average Bonchev–Trinajstić information content (AvgIpc) is 2.89. The van der Waals surface area contributed by atoms with Crippen molar-refractivity contribution in [3.8, 4) is 0 Å².